The Morgan fingerprint density at radius 1 is 1.42 bits per heavy atom. The highest BCUT2D eigenvalue weighted by atomic mass is 127. The molecule has 0 aliphatic carbocycles. The predicted octanol–water partition coefficient (Wildman–Crippen LogP) is 1.89. The van der Waals surface area contributed by atoms with Gasteiger partial charge in [0.1, 0.15) is 5.75 Å². The van der Waals surface area contributed by atoms with E-state index < -0.39 is 0 Å². The van der Waals surface area contributed by atoms with Crippen molar-refractivity contribution in [1.29, 1.82) is 0 Å². The van der Waals surface area contributed by atoms with Gasteiger partial charge < -0.3 is 10.9 Å². The molecule has 1 aromatic rings. The number of nitrogens with two attached hydrogens (primary N) is 1. The smallest absolute Gasteiger partial charge is 0.137 e. The summed E-state index contributed by atoms with van der Waals surface area (Å²) in [5.41, 5.74) is 0.647. The SMILES string of the molecule is N/N=C/c1cc(I)cc(I)c1O. The molecular formula is C7H6I2N2O. The fourth-order valence-corrected chi connectivity index (χ4v) is 2.65. The minimum atomic E-state index is 0.227. The Morgan fingerprint density at radius 2 is 2.08 bits per heavy atom. The second-order valence-corrected chi connectivity index (χ2v) is 4.51. The standard InChI is InChI=1S/C7H6I2N2O/c8-5-1-4(3-11-10)7(12)6(9)2-5/h1-3,12H,10H2/b11-3+. The first-order valence-corrected chi connectivity index (χ1v) is 5.22. The van der Waals surface area contributed by atoms with E-state index in [2.05, 4.69) is 50.3 Å². The van der Waals surface area contributed by atoms with Gasteiger partial charge in [-0.15, -0.1) is 0 Å². The van der Waals surface area contributed by atoms with Gasteiger partial charge in [0.2, 0.25) is 0 Å². The Balaban J connectivity index is 3.27. The van der Waals surface area contributed by atoms with E-state index in [1.807, 2.05) is 12.1 Å². The van der Waals surface area contributed by atoms with Crippen molar-refractivity contribution >= 4 is 51.4 Å². The summed E-state index contributed by atoms with van der Waals surface area (Å²) in [4.78, 5) is 0. The normalized spacial score (nSPS) is 10.8. The van der Waals surface area contributed by atoms with Crippen LogP contribution in [0.25, 0.3) is 0 Å². The summed E-state index contributed by atoms with van der Waals surface area (Å²) in [6.07, 6.45) is 1.43. The van der Waals surface area contributed by atoms with Crippen molar-refractivity contribution in [3.05, 3.63) is 24.8 Å². The molecule has 0 unspecified atom stereocenters. The number of hydrogen-bond donors (Lipinski definition) is 2. The molecule has 0 aliphatic rings. The van der Waals surface area contributed by atoms with E-state index >= 15 is 0 Å². The summed E-state index contributed by atoms with van der Waals surface area (Å²) in [6, 6.07) is 3.69. The molecular weight excluding hydrogens is 382 g/mol. The molecule has 0 saturated carbocycles. The second-order valence-electron chi connectivity index (χ2n) is 2.10. The van der Waals surface area contributed by atoms with Crippen LogP contribution in [0.5, 0.6) is 5.75 Å². The van der Waals surface area contributed by atoms with Gasteiger partial charge in [-0.05, 0) is 57.3 Å². The van der Waals surface area contributed by atoms with Crippen LogP contribution >= 0.6 is 45.2 Å². The molecule has 64 valence electrons. The molecule has 0 bridgehead atoms. The number of phenolic OH excluding ortho intramolecular Hbond substituents is 1. The van der Waals surface area contributed by atoms with Crippen molar-refractivity contribution in [3.63, 3.8) is 0 Å². The summed E-state index contributed by atoms with van der Waals surface area (Å²) < 4.78 is 1.85. The van der Waals surface area contributed by atoms with E-state index in [0.717, 1.165) is 7.14 Å². The lowest BCUT2D eigenvalue weighted by molar-refractivity contribution is 0.470. The molecule has 3 N–H and O–H groups in total. The highest BCUT2D eigenvalue weighted by Gasteiger charge is 2.04. The van der Waals surface area contributed by atoms with Crippen molar-refractivity contribution in [2.75, 3.05) is 0 Å². The van der Waals surface area contributed by atoms with Gasteiger partial charge in [-0.25, -0.2) is 0 Å². The van der Waals surface area contributed by atoms with Crippen LogP contribution in [0, 0.1) is 7.14 Å². The summed E-state index contributed by atoms with van der Waals surface area (Å²) in [6.45, 7) is 0. The minimum absolute atomic E-state index is 0.227. The van der Waals surface area contributed by atoms with Crippen molar-refractivity contribution in [2.24, 2.45) is 10.9 Å². The average molecular weight is 388 g/mol. The van der Waals surface area contributed by atoms with E-state index in [-0.39, 0.29) is 5.75 Å². The molecule has 0 fully saturated rings. The minimum Gasteiger partial charge on any atom is -0.506 e. The molecule has 12 heavy (non-hydrogen) atoms. The molecule has 0 heterocycles. The monoisotopic (exact) mass is 388 g/mol. The summed E-state index contributed by atoms with van der Waals surface area (Å²) in [5, 5.41) is 12.9. The topological polar surface area (TPSA) is 58.6 Å². The van der Waals surface area contributed by atoms with Gasteiger partial charge in [0.25, 0.3) is 0 Å². The molecule has 1 aromatic carbocycles. The maximum absolute atomic E-state index is 9.50. The number of hydrazone groups is 1. The molecule has 0 radical (unpaired) electrons. The first kappa shape index (κ1) is 10.0. The first-order chi connectivity index (χ1) is 5.65. The molecule has 0 aromatic heterocycles. The molecule has 0 amide bonds. The lowest BCUT2D eigenvalue weighted by Gasteiger charge is -2.01. The number of halogens is 2. The van der Waals surface area contributed by atoms with Crippen LogP contribution in [-0.4, -0.2) is 11.3 Å². The molecule has 5 heteroatoms. The zero-order valence-electron chi connectivity index (χ0n) is 5.96. The third-order valence-electron chi connectivity index (χ3n) is 1.27. The maximum Gasteiger partial charge on any atom is 0.137 e. The van der Waals surface area contributed by atoms with E-state index in [0.29, 0.717) is 5.56 Å². The van der Waals surface area contributed by atoms with E-state index in [4.69, 9.17) is 5.84 Å². The maximum atomic E-state index is 9.50. The van der Waals surface area contributed by atoms with Crippen LogP contribution in [-0.2, 0) is 0 Å². The van der Waals surface area contributed by atoms with Crippen LogP contribution in [0.15, 0.2) is 17.2 Å². The fourth-order valence-electron chi connectivity index (χ4n) is 0.765. The highest BCUT2D eigenvalue weighted by Crippen LogP contribution is 2.25. The molecule has 0 atom stereocenters. The molecule has 0 aliphatic heterocycles. The predicted molar refractivity (Wildman–Crippen MR) is 65.3 cm³/mol. The third-order valence-corrected chi connectivity index (χ3v) is 2.72. The fraction of sp³-hybridized carbons (Fsp3) is 0. The Hall–Kier alpha value is -0.0500. The van der Waals surface area contributed by atoms with Crippen LogP contribution in [0.3, 0.4) is 0 Å². The van der Waals surface area contributed by atoms with Gasteiger partial charge in [-0.1, -0.05) is 0 Å². The summed E-state index contributed by atoms with van der Waals surface area (Å²) >= 11 is 4.23. The van der Waals surface area contributed by atoms with Crippen molar-refractivity contribution in [1.82, 2.24) is 0 Å². The molecule has 0 spiro atoms. The van der Waals surface area contributed by atoms with Gasteiger partial charge in [0.05, 0.1) is 9.78 Å². The average Bonchev–Trinajstić information content (AvgIpc) is 2.00. The van der Waals surface area contributed by atoms with Crippen LogP contribution in [0.2, 0.25) is 0 Å². The Morgan fingerprint density at radius 3 is 2.67 bits per heavy atom. The number of aromatic hydroxyl groups is 1. The molecule has 3 nitrogen and oxygen atoms in total. The number of benzene rings is 1. The molecule has 0 saturated heterocycles. The summed E-state index contributed by atoms with van der Waals surface area (Å²) in [7, 11) is 0. The quantitative estimate of drug-likeness (QED) is 0.334. The van der Waals surface area contributed by atoms with Gasteiger partial charge >= 0.3 is 0 Å². The second kappa shape index (κ2) is 4.26. The Labute approximate surface area is 97.3 Å². The van der Waals surface area contributed by atoms with Crippen LogP contribution in [0.1, 0.15) is 5.56 Å². The third kappa shape index (κ3) is 2.22. The van der Waals surface area contributed by atoms with Crippen molar-refractivity contribution in [3.8, 4) is 5.75 Å². The van der Waals surface area contributed by atoms with Gasteiger partial charge in [-0.2, -0.15) is 5.10 Å². The van der Waals surface area contributed by atoms with E-state index in [1.165, 1.54) is 6.21 Å². The first-order valence-electron chi connectivity index (χ1n) is 3.06. The largest absolute Gasteiger partial charge is 0.506 e. The zero-order chi connectivity index (χ0) is 9.14. The van der Waals surface area contributed by atoms with E-state index in [9.17, 15) is 5.11 Å². The number of nitrogens with zero attached hydrogens (tertiary/aromatic N) is 1. The lowest BCUT2D eigenvalue weighted by atomic mass is 10.2. The van der Waals surface area contributed by atoms with E-state index in [1.54, 1.807) is 0 Å². The van der Waals surface area contributed by atoms with Crippen molar-refractivity contribution < 1.29 is 5.11 Å². The Kier molecular flexibility index (Phi) is 3.56. The summed E-state index contributed by atoms with van der Waals surface area (Å²) in [5.74, 6) is 5.21. The van der Waals surface area contributed by atoms with Gasteiger partial charge in [0, 0.05) is 9.13 Å². The van der Waals surface area contributed by atoms with Gasteiger partial charge in [-0.3, -0.25) is 0 Å². The number of phenols is 1. The van der Waals surface area contributed by atoms with Gasteiger partial charge in [0.15, 0.2) is 0 Å². The van der Waals surface area contributed by atoms with Crippen molar-refractivity contribution in [2.45, 2.75) is 0 Å². The highest BCUT2D eigenvalue weighted by molar-refractivity contribution is 14.1. The Bertz CT molecular complexity index is 325. The molecule has 1 rings (SSSR count). The number of rotatable bonds is 1. The number of hydrogen-bond acceptors (Lipinski definition) is 3. The van der Waals surface area contributed by atoms with Crippen LogP contribution in [0.4, 0.5) is 0 Å². The lowest BCUT2D eigenvalue weighted by Crippen LogP contribution is -1.90. The zero-order valence-corrected chi connectivity index (χ0v) is 10.3. The van der Waals surface area contributed by atoms with Crippen LogP contribution < -0.4 is 5.84 Å².